The maximum atomic E-state index is 5.58. The summed E-state index contributed by atoms with van der Waals surface area (Å²) in [5, 5.41) is 4.04. The van der Waals surface area contributed by atoms with Gasteiger partial charge in [-0.15, -0.1) is 0 Å². The van der Waals surface area contributed by atoms with Gasteiger partial charge >= 0.3 is 0 Å². The van der Waals surface area contributed by atoms with Crippen molar-refractivity contribution in [1.29, 1.82) is 0 Å². The number of hydrogen-bond donors (Lipinski definition) is 1. The Labute approximate surface area is 116 Å². The molecule has 1 aromatic carbocycles. The summed E-state index contributed by atoms with van der Waals surface area (Å²) in [5.41, 5.74) is 9.28. The van der Waals surface area contributed by atoms with Gasteiger partial charge in [0.05, 0.1) is 5.69 Å². The molecule has 0 amide bonds. The number of benzene rings is 1. The molecule has 0 saturated carbocycles. The lowest BCUT2D eigenvalue weighted by atomic mass is 10.1. The molecule has 0 saturated heterocycles. The van der Waals surface area contributed by atoms with Gasteiger partial charge in [-0.3, -0.25) is 4.98 Å². The Balaban J connectivity index is 2.00. The lowest BCUT2D eigenvalue weighted by Crippen LogP contribution is -1.98. The molecule has 100 valence electrons. The normalized spacial score (nSPS) is 10.7. The molecule has 0 radical (unpaired) electrons. The van der Waals surface area contributed by atoms with E-state index in [0.29, 0.717) is 18.3 Å². The van der Waals surface area contributed by atoms with E-state index in [-0.39, 0.29) is 0 Å². The third kappa shape index (κ3) is 2.31. The highest BCUT2D eigenvalue weighted by molar-refractivity contribution is 5.62. The topological polar surface area (TPSA) is 77.8 Å². The average molecular weight is 266 g/mol. The molecule has 5 nitrogen and oxygen atoms in total. The zero-order valence-corrected chi connectivity index (χ0v) is 11.1. The minimum absolute atomic E-state index is 0.382. The molecule has 3 rings (SSSR count). The maximum Gasteiger partial charge on any atom is 0.258 e. The Bertz CT molecular complexity index is 736. The zero-order chi connectivity index (χ0) is 13.9. The van der Waals surface area contributed by atoms with Crippen molar-refractivity contribution >= 4 is 0 Å². The quantitative estimate of drug-likeness (QED) is 0.788. The summed E-state index contributed by atoms with van der Waals surface area (Å²) in [6, 6.07) is 11.6. The molecular formula is C15H14N4O. The lowest BCUT2D eigenvalue weighted by Gasteiger charge is -1.98. The van der Waals surface area contributed by atoms with Crippen LogP contribution in [-0.4, -0.2) is 15.1 Å². The molecule has 2 aromatic heterocycles. The van der Waals surface area contributed by atoms with Crippen molar-refractivity contribution in [2.75, 3.05) is 0 Å². The predicted octanol–water partition coefficient (Wildman–Crippen LogP) is 2.57. The Morgan fingerprint density at radius 3 is 2.85 bits per heavy atom. The molecule has 0 aliphatic heterocycles. The van der Waals surface area contributed by atoms with E-state index in [1.807, 2.05) is 43.3 Å². The monoisotopic (exact) mass is 266 g/mol. The fourth-order valence-electron chi connectivity index (χ4n) is 2.00. The molecule has 0 bridgehead atoms. The predicted molar refractivity (Wildman–Crippen MR) is 75.6 cm³/mol. The van der Waals surface area contributed by atoms with Crippen molar-refractivity contribution < 1.29 is 4.52 Å². The average Bonchev–Trinajstić information content (AvgIpc) is 2.97. The van der Waals surface area contributed by atoms with Crippen molar-refractivity contribution in [3.05, 3.63) is 53.9 Å². The first kappa shape index (κ1) is 12.5. The molecule has 0 spiro atoms. The molecule has 5 heteroatoms. The minimum Gasteiger partial charge on any atom is -0.334 e. The first-order valence-electron chi connectivity index (χ1n) is 6.33. The van der Waals surface area contributed by atoms with Gasteiger partial charge in [-0.25, -0.2) is 0 Å². The molecule has 0 aliphatic rings. The summed E-state index contributed by atoms with van der Waals surface area (Å²) in [4.78, 5) is 8.59. The van der Waals surface area contributed by atoms with Gasteiger partial charge in [-0.2, -0.15) is 4.98 Å². The van der Waals surface area contributed by atoms with E-state index in [0.717, 1.165) is 22.4 Å². The molecular weight excluding hydrogens is 252 g/mol. The van der Waals surface area contributed by atoms with Crippen LogP contribution in [0, 0.1) is 6.92 Å². The molecule has 3 aromatic rings. The molecule has 0 unspecified atom stereocenters. The van der Waals surface area contributed by atoms with E-state index in [4.69, 9.17) is 10.3 Å². The van der Waals surface area contributed by atoms with Crippen molar-refractivity contribution in [1.82, 2.24) is 15.1 Å². The largest absolute Gasteiger partial charge is 0.334 e. The number of aryl methyl sites for hydroxylation is 1. The van der Waals surface area contributed by atoms with Crippen LogP contribution in [-0.2, 0) is 6.54 Å². The first-order chi connectivity index (χ1) is 9.78. The number of rotatable bonds is 3. The molecule has 2 heterocycles. The SMILES string of the molecule is Cc1ccccc1-c1noc(-c2ccnc(CN)c2)n1. The van der Waals surface area contributed by atoms with Gasteiger partial charge < -0.3 is 10.3 Å². The zero-order valence-electron chi connectivity index (χ0n) is 11.1. The number of nitrogens with zero attached hydrogens (tertiary/aromatic N) is 3. The van der Waals surface area contributed by atoms with Crippen molar-refractivity contribution in [2.45, 2.75) is 13.5 Å². The van der Waals surface area contributed by atoms with Crippen molar-refractivity contribution in [3.8, 4) is 22.8 Å². The Hall–Kier alpha value is -2.53. The van der Waals surface area contributed by atoms with Crippen LogP contribution < -0.4 is 5.73 Å². The van der Waals surface area contributed by atoms with Crippen molar-refractivity contribution in [3.63, 3.8) is 0 Å². The van der Waals surface area contributed by atoms with Crippen LogP contribution in [0.5, 0.6) is 0 Å². The van der Waals surface area contributed by atoms with Crippen LogP contribution in [0.2, 0.25) is 0 Å². The highest BCUT2D eigenvalue weighted by atomic mass is 16.5. The summed E-state index contributed by atoms with van der Waals surface area (Å²) >= 11 is 0. The number of hydrogen-bond acceptors (Lipinski definition) is 5. The molecule has 20 heavy (non-hydrogen) atoms. The van der Waals surface area contributed by atoms with Gasteiger partial charge in [0.25, 0.3) is 5.89 Å². The van der Waals surface area contributed by atoms with Gasteiger partial charge in [0, 0.05) is 23.9 Å². The van der Waals surface area contributed by atoms with Crippen LogP contribution in [0.15, 0.2) is 47.1 Å². The van der Waals surface area contributed by atoms with Crippen LogP contribution in [0.4, 0.5) is 0 Å². The van der Waals surface area contributed by atoms with Crippen LogP contribution in [0.1, 0.15) is 11.3 Å². The van der Waals surface area contributed by atoms with Gasteiger partial charge in [-0.1, -0.05) is 29.4 Å². The molecule has 0 fully saturated rings. The van der Waals surface area contributed by atoms with E-state index in [1.54, 1.807) is 6.20 Å². The number of aromatic nitrogens is 3. The minimum atomic E-state index is 0.382. The maximum absolute atomic E-state index is 5.58. The van der Waals surface area contributed by atoms with Gasteiger partial charge in [0.1, 0.15) is 0 Å². The van der Waals surface area contributed by atoms with Gasteiger partial charge in [0.2, 0.25) is 5.82 Å². The second kappa shape index (κ2) is 5.22. The summed E-state index contributed by atoms with van der Waals surface area (Å²) in [6.45, 7) is 2.40. The fourth-order valence-corrected chi connectivity index (χ4v) is 2.00. The Morgan fingerprint density at radius 2 is 2.05 bits per heavy atom. The lowest BCUT2D eigenvalue weighted by molar-refractivity contribution is 0.432. The molecule has 0 aliphatic carbocycles. The summed E-state index contributed by atoms with van der Waals surface area (Å²) in [6.07, 6.45) is 1.69. The fraction of sp³-hybridized carbons (Fsp3) is 0.133. The van der Waals surface area contributed by atoms with Crippen LogP contribution >= 0.6 is 0 Å². The molecule has 2 N–H and O–H groups in total. The molecule has 0 atom stereocenters. The number of nitrogens with two attached hydrogens (primary N) is 1. The second-order valence-corrected chi connectivity index (χ2v) is 4.48. The van der Waals surface area contributed by atoms with E-state index in [1.165, 1.54) is 0 Å². The third-order valence-electron chi connectivity index (χ3n) is 3.08. The van der Waals surface area contributed by atoms with E-state index in [9.17, 15) is 0 Å². The summed E-state index contributed by atoms with van der Waals surface area (Å²) < 4.78 is 5.33. The Morgan fingerprint density at radius 1 is 1.20 bits per heavy atom. The van der Waals surface area contributed by atoms with Crippen LogP contribution in [0.25, 0.3) is 22.8 Å². The van der Waals surface area contributed by atoms with Gasteiger partial charge in [0.15, 0.2) is 0 Å². The highest BCUT2D eigenvalue weighted by Crippen LogP contribution is 2.24. The standard InChI is InChI=1S/C15H14N4O/c1-10-4-2-3-5-13(10)14-18-15(20-19-14)11-6-7-17-12(8-11)9-16/h2-8H,9,16H2,1H3. The van der Waals surface area contributed by atoms with Gasteiger partial charge in [-0.05, 0) is 24.6 Å². The van der Waals surface area contributed by atoms with E-state index >= 15 is 0 Å². The third-order valence-corrected chi connectivity index (χ3v) is 3.08. The number of pyridine rings is 1. The first-order valence-corrected chi connectivity index (χ1v) is 6.33. The van der Waals surface area contributed by atoms with E-state index in [2.05, 4.69) is 15.1 Å². The smallest absolute Gasteiger partial charge is 0.258 e. The second-order valence-electron chi connectivity index (χ2n) is 4.48. The van der Waals surface area contributed by atoms with Crippen LogP contribution in [0.3, 0.4) is 0 Å². The Kier molecular flexibility index (Phi) is 3.26. The van der Waals surface area contributed by atoms with Crippen molar-refractivity contribution in [2.24, 2.45) is 5.73 Å². The van der Waals surface area contributed by atoms with E-state index < -0.39 is 0 Å². The summed E-state index contributed by atoms with van der Waals surface area (Å²) in [7, 11) is 0. The highest BCUT2D eigenvalue weighted by Gasteiger charge is 2.12. The summed E-state index contributed by atoms with van der Waals surface area (Å²) in [5.74, 6) is 1.06.